The van der Waals surface area contributed by atoms with Gasteiger partial charge in [-0.15, -0.1) is 0 Å². The van der Waals surface area contributed by atoms with Gasteiger partial charge in [0.2, 0.25) is 0 Å². The quantitative estimate of drug-likeness (QED) is 0.888. The van der Waals surface area contributed by atoms with Gasteiger partial charge >= 0.3 is 5.97 Å². The lowest BCUT2D eigenvalue weighted by atomic mass is 9.79. The number of carbonyl (C=O) groups is 2. The number of carbonyl (C=O) groups excluding carboxylic acids is 1. The molecular weight excluding hydrogens is 258 g/mol. The average Bonchev–Trinajstić information content (AvgIpc) is 2.68. The number of aliphatic carboxylic acids is 1. The van der Waals surface area contributed by atoms with E-state index < -0.39 is 11.5 Å². The van der Waals surface area contributed by atoms with Gasteiger partial charge in [0.05, 0.1) is 17.5 Å². The molecule has 1 aromatic heterocycles. The molecule has 0 spiro atoms. The highest BCUT2D eigenvalue weighted by molar-refractivity contribution is 5.96. The monoisotopic (exact) mass is 279 g/mol. The Balaban J connectivity index is 2.17. The standard InChI is InChI=1S/C15H21NO4/c1-10-8-12(11(2)20-10)14(19)16-15(9-13(17)18)6-4-3-5-7-15/h8H,3-7,9H2,1-2H3,(H,16,19)(H,17,18). The van der Waals surface area contributed by atoms with E-state index in [1.807, 2.05) is 0 Å². The van der Waals surface area contributed by atoms with Crippen molar-refractivity contribution in [3.63, 3.8) is 0 Å². The van der Waals surface area contributed by atoms with Crippen LogP contribution in [0.5, 0.6) is 0 Å². The zero-order valence-corrected chi connectivity index (χ0v) is 12.0. The van der Waals surface area contributed by atoms with E-state index >= 15 is 0 Å². The summed E-state index contributed by atoms with van der Waals surface area (Å²) in [7, 11) is 0. The third-order valence-corrected chi connectivity index (χ3v) is 3.96. The minimum absolute atomic E-state index is 0.0192. The van der Waals surface area contributed by atoms with Crippen LogP contribution in [0.1, 0.15) is 60.4 Å². The van der Waals surface area contributed by atoms with Gasteiger partial charge in [0.1, 0.15) is 11.5 Å². The summed E-state index contributed by atoms with van der Waals surface area (Å²) < 4.78 is 5.36. The number of amides is 1. The molecule has 0 saturated heterocycles. The summed E-state index contributed by atoms with van der Waals surface area (Å²) in [4.78, 5) is 23.5. The lowest BCUT2D eigenvalue weighted by molar-refractivity contribution is -0.139. The number of hydrogen-bond acceptors (Lipinski definition) is 3. The van der Waals surface area contributed by atoms with E-state index in [-0.39, 0.29) is 12.3 Å². The Kier molecular flexibility index (Phi) is 4.16. The van der Waals surface area contributed by atoms with Gasteiger partial charge in [0.15, 0.2) is 0 Å². The SMILES string of the molecule is Cc1cc(C(=O)NC2(CC(=O)O)CCCCC2)c(C)o1. The second-order valence-electron chi connectivity index (χ2n) is 5.69. The molecule has 0 aliphatic heterocycles. The van der Waals surface area contributed by atoms with Crippen molar-refractivity contribution < 1.29 is 19.1 Å². The summed E-state index contributed by atoms with van der Waals surface area (Å²) in [5, 5.41) is 12.1. The Hall–Kier alpha value is -1.78. The molecule has 5 nitrogen and oxygen atoms in total. The van der Waals surface area contributed by atoms with Gasteiger partial charge in [-0.1, -0.05) is 19.3 Å². The first-order valence-corrected chi connectivity index (χ1v) is 7.03. The number of carboxylic acids is 1. The highest BCUT2D eigenvalue weighted by Gasteiger charge is 2.36. The van der Waals surface area contributed by atoms with E-state index in [0.717, 1.165) is 32.1 Å². The molecule has 0 unspecified atom stereocenters. The number of aryl methyl sites for hydroxylation is 2. The van der Waals surface area contributed by atoms with Gasteiger partial charge in [0.25, 0.3) is 5.91 Å². The Morgan fingerprint density at radius 2 is 1.95 bits per heavy atom. The van der Waals surface area contributed by atoms with Crippen LogP contribution in [0, 0.1) is 13.8 Å². The Morgan fingerprint density at radius 3 is 2.45 bits per heavy atom. The average molecular weight is 279 g/mol. The van der Waals surface area contributed by atoms with Crippen molar-refractivity contribution in [1.29, 1.82) is 0 Å². The van der Waals surface area contributed by atoms with E-state index in [0.29, 0.717) is 17.1 Å². The number of rotatable bonds is 4. The summed E-state index contributed by atoms with van der Waals surface area (Å²) in [6.07, 6.45) is 4.44. The fourth-order valence-corrected chi connectivity index (χ4v) is 3.03. The van der Waals surface area contributed by atoms with Crippen LogP contribution in [0.4, 0.5) is 0 Å². The molecule has 2 N–H and O–H groups in total. The summed E-state index contributed by atoms with van der Waals surface area (Å²) in [6, 6.07) is 1.70. The van der Waals surface area contributed by atoms with E-state index in [9.17, 15) is 9.59 Å². The molecule has 1 amide bonds. The third-order valence-electron chi connectivity index (χ3n) is 3.96. The predicted molar refractivity (Wildman–Crippen MR) is 73.7 cm³/mol. The predicted octanol–water partition coefficient (Wildman–Crippen LogP) is 2.80. The maximum absolute atomic E-state index is 12.4. The van der Waals surface area contributed by atoms with Crippen molar-refractivity contribution in [2.24, 2.45) is 0 Å². The first kappa shape index (κ1) is 14.6. The number of carboxylic acid groups (broad SMARTS) is 1. The van der Waals surface area contributed by atoms with Crippen LogP contribution in [0.25, 0.3) is 0 Å². The third kappa shape index (κ3) is 3.21. The van der Waals surface area contributed by atoms with Crippen LogP contribution in [0.3, 0.4) is 0 Å². The lowest BCUT2D eigenvalue weighted by Crippen LogP contribution is -2.51. The first-order valence-electron chi connectivity index (χ1n) is 7.03. The van der Waals surface area contributed by atoms with Crippen LogP contribution >= 0.6 is 0 Å². The van der Waals surface area contributed by atoms with E-state index in [4.69, 9.17) is 9.52 Å². The van der Waals surface area contributed by atoms with Crippen LogP contribution in [0.2, 0.25) is 0 Å². The molecule has 1 heterocycles. The largest absolute Gasteiger partial charge is 0.481 e. The number of furan rings is 1. The number of nitrogens with one attached hydrogen (secondary N) is 1. The zero-order valence-electron chi connectivity index (χ0n) is 12.0. The fraction of sp³-hybridized carbons (Fsp3) is 0.600. The molecule has 1 aliphatic rings. The van der Waals surface area contributed by atoms with Gasteiger partial charge in [0, 0.05) is 0 Å². The maximum Gasteiger partial charge on any atom is 0.305 e. The molecule has 1 fully saturated rings. The smallest absolute Gasteiger partial charge is 0.305 e. The molecule has 1 aliphatic carbocycles. The highest BCUT2D eigenvalue weighted by Crippen LogP contribution is 2.31. The molecule has 20 heavy (non-hydrogen) atoms. The Labute approximate surface area is 118 Å². The van der Waals surface area contributed by atoms with Crippen LogP contribution in [0.15, 0.2) is 10.5 Å². The molecule has 0 aromatic carbocycles. The van der Waals surface area contributed by atoms with E-state index in [1.54, 1.807) is 19.9 Å². The molecule has 2 rings (SSSR count). The lowest BCUT2D eigenvalue weighted by Gasteiger charge is -2.37. The molecule has 1 saturated carbocycles. The second kappa shape index (κ2) is 5.69. The fourth-order valence-electron chi connectivity index (χ4n) is 3.03. The van der Waals surface area contributed by atoms with Gasteiger partial charge in [-0.2, -0.15) is 0 Å². The van der Waals surface area contributed by atoms with Gasteiger partial charge in [-0.25, -0.2) is 0 Å². The summed E-state index contributed by atoms with van der Waals surface area (Å²) in [5.74, 6) is 0.152. The summed E-state index contributed by atoms with van der Waals surface area (Å²) >= 11 is 0. The molecule has 110 valence electrons. The minimum atomic E-state index is -0.868. The highest BCUT2D eigenvalue weighted by atomic mass is 16.4. The molecule has 0 atom stereocenters. The van der Waals surface area contributed by atoms with Crippen molar-refractivity contribution >= 4 is 11.9 Å². The molecule has 5 heteroatoms. The van der Waals surface area contributed by atoms with Crippen LogP contribution in [-0.2, 0) is 4.79 Å². The normalized spacial score (nSPS) is 17.7. The van der Waals surface area contributed by atoms with Crippen molar-refractivity contribution in [3.05, 3.63) is 23.2 Å². The number of hydrogen-bond donors (Lipinski definition) is 2. The van der Waals surface area contributed by atoms with Crippen molar-refractivity contribution in [2.75, 3.05) is 0 Å². The molecule has 0 radical (unpaired) electrons. The van der Waals surface area contributed by atoms with Gasteiger partial charge in [-0.3, -0.25) is 9.59 Å². The van der Waals surface area contributed by atoms with Crippen LogP contribution < -0.4 is 5.32 Å². The van der Waals surface area contributed by atoms with Crippen LogP contribution in [-0.4, -0.2) is 22.5 Å². The van der Waals surface area contributed by atoms with Crippen molar-refractivity contribution in [3.8, 4) is 0 Å². The minimum Gasteiger partial charge on any atom is -0.481 e. The topological polar surface area (TPSA) is 79.5 Å². The zero-order chi connectivity index (χ0) is 14.8. The van der Waals surface area contributed by atoms with E-state index in [1.165, 1.54) is 0 Å². The van der Waals surface area contributed by atoms with Crippen molar-refractivity contribution in [2.45, 2.75) is 57.9 Å². The summed E-state index contributed by atoms with van der Waals surface area (Å²) in [6.45, 7) is 3.53. The molecular formula is C15H21NO4. The maximum atomic E-state index is 12.4. The molecule has 0 bridgehead atoms. The second-order valence-corrected chi connectivity index (χ2v) is 5.69. The first-order chi connectivity index (χ1) is 9.42. The van der Waals surface area contributed by atoms with Gasteiger partial charge in [-0.05, 0) is 32.8 Å². The van der Waals surface area contributed by atoms with E-state index in [2.05, 4.69) is 5.32 Å². The Bertz CT molecular complexity index is 512. The van der Waals surface area contributed by atoms with Crippen molar-refractivity contribution in [1.82, 2.24) is 5.32 Å². The summed E-state index contributed by atoms with van der Waals surface area (Å²) in [5.41, 5.74) is -0.114. The van der Waals surface area contributed by atoms with Gasteiger partial charge < -0.3 is 14.8 Å². The Morgan fingerprint density at radius 1 is 1.30 bits per heavy atom. The molecule has 1 aromatic rings.